The van der Waals surface area contributed by atoms with Crippen molar-refractivity contribution in [2.45, 2.75) is 0 Å². The van der Waals surface area contributed by atoms with Gasteiger partial charge in [-0.15, -0.1) is 0 Å². The first-order chi connectivity index (χ1) is 8.16. The number of rotatable bonds is 2. The number of aromatic nitrogens is 3. The topological polar surface area (TPSA) is 93.8 Å². The number of amides is 1. The molecule has 0 aliphatic heterocycles. The standard InChI is InChI=1S/C10H8ClN5O/c11-8-4-15-9(12)1-7(8)10(17)16-6-2-13-5-14-3-6/h1-5H,(H2,12,15)(H,16,17). The fourth-order valence-electron chi connectivity index (χ4n) is 1.19. The number of hydrogen-bond acceptors (Lipinski definition) is 5. The summed E-state index contributed by atoms with van der Waals surface area (Å²) in [6.45, 7) is 0. The summed E-state index contributed by atoms with van der Waals surface area (Å²) in [6.07, 6.45) is 5.65. The number of carbonyl (C=O) groups excluding carboxylic acids is 1. The van der Waals surface area contributed by atoms with Gasteiger partial charge in [-0.1, -0.05) is 11.6 Å². The van der Waals surface area contributed by atoms with E-state index in [4.69, 9.17) is 17.3 Å². The van der Waals surface area contributed by atoms with Crippen LogP contribution in [0.15, 0.2) is 31.0 Å². The third-order valence-corrected chi connectivity index (χ3v) is 2.24. The van der Waals surface area contributed by atoms with Gasteiger partial charge in [0.1, 0.15) is 12.1 Å². The van der Waals surface area contributed by atoms with Crippen molar-refractivity contribution < 1.29 is 4.79 Å². The molecule has 6 nitrogen and oxygen atoms in total. The monoisotopic (exact) mass is 249 g/mol. The minimum atomic E-state index is -0.390. The largest absolute Gasteiger partial charge is 0.384 e. The molecule has 0 unspecified atom stereocenters. The Morgan fingerprint density at radius 1 is 1.29 bits per heavy atom. The van der Waals surface area contributed by atoms with E-state index in [-0.39, 0.29) is 22.3 Å². The van der Waals surface area contributed by atoms with Crippen LogP contribution in [0.25, 0.3) is 0 Å². The zero-order valence-electron chi connectivity index (χ0n) is 8.59. The van der Waals surface area contributed by atoms with E-state index in [9.17, 15) is 4.79 Å². The molecule has 86 valence electrons. The number of nitrogens with one attached hydrogen (secondary N) is 1. The van der Waals surface area contributed by atoms with Crippen molar-refractivity contribution >= 4 is 29.0 Å². The smallest absolute Gasteiger partial charge is 0.257 e. The third-order valence-electron chi connectivity index (χ3n) is 1.94. The minimum Gasteiger partial charge on any atom is -0.384 e. The predicted octanol–water partition coefficient (Wildman–Crippen LogP) is 1.36. The van der Waals surface area contributed by atoms with Crippen molar-refractivity contribution in [3.05, 3.63) is 41.6 Å². The second kappa shape index (κ2) is 4.75. The van der Waals surface area contributed by atoms with Crippen LogP contribution in [0.1, 0.15) is 10.4 Å². The minimum absolute atomic E-state index is 0.226. The number of hydrogen-bond donors (Lipinski definition) is 2. The van der Waals surface area contributed by atoms with Crippen LogP contribution in [0.2, 0.25) is 5.02 Å². The lowest BCUT2D eigenvalue weighted by Crippen LogP contribution is -2.13. The van der Waals surface area contributed by atoms with E-state index in [1.165, 1.54) is 31.0 Å². The van der Waals surface area contributed by atoms with Crippen LogP contribution in [0, 0.1) is 0 Å². The Kier molecular flexibility index (Phi) is 3.15. The third kappa shape index (κ3) is 2.67. The predicted molar refractivity (Wildman–Crippen MR) is 63.6 cm³/mol. The fraction of sp³-hybridized carbons (Fsp3) is 0. The van der Waals surface area contributed by atoms with Crippen LogP contribution >= 0.6 is 11.6 Å². The summed E-state index contributed by atoms with van der Waals surface area (Å²) < 4.78 is 0. The van der Waals surface area contributed by atoms with Gasteiger partial charge in [0.25, 0.3) is 5.91 Å². The van der Waals surface area contributed by atoms with E-state index < -0.39 is 0 Å². The van der Waals surface area contributed by atoms with Gasteiger partial charge in [-0.2, -0.15) is 0 Å². The van der Waals surface area contributed by atoms with E-state index in [0.717, 1.165) is 0 Å². The molecule has 3 N–H and O–H groups in total. The highest BCUT2D eigenvalue weighted by Crippen LogP contribution is 2.17. The van der Waals surface area contributed by atoms with Gasteiger partial charge < -0.3 is 11.1 Å². The Bertz CT molecular complexity index is 546. The molecule has 7 heteroatoms. The summed E-state index contributed by atoms with van der Waals surface area (Å²) >= 11 is 5.85. The number of nitrogens with two attached hydrogens (primary N) is 1. The Morgan fingerprint density at radius 3 is 2.71 bits per heavy atom. The molecule has 0 bridgehead atoms. The first kappa shape index (κ1) is 11.3. The van der Waals surface area contributed by atoms with Crippen molar-refractivity contribution in [2.24, 2.45) is 0 Å². The first-order valence-electron chi connectivity index (χ1n) is 4.64. The van der Waals surface area contributed by atoms with Gasteiger partial charge in [-0.05, 0) is 6.07 Å². The van der Waals surface area contributed by atoms with Gasteiger partial charge in [0.15, 0.2) is 0 Å². The lowest BCUT2D eigenvalue weighted by molar-refractivity contribution is 0.102. The van der Waals surface area contributed by atoms with Crippen molar-refractivity contribution in [1.82, 2.24) is 15.0 Å². The molecule has 2 rings (SSSR count). The molecule has 17 heavy (non-hydrogen) atoms. The second-order valence-corrected chi connectivity index (χ2v) is 3.58. The van der Waals surface area contributed by atoms with Crippen LogP contribution in [-0.2, 0) is 0 Å². The zero-order valence-corrected chi connectivity index (χ0v) is 9.35. The molecule has 0 spiro atoms. The Labute approximate surface area is 102 Å². The van der Waals surface area contributed by atoms with Crippen molar-refractivity contribution in [2.75, 3.05) is 11.1 Å². The summed E-state index contributed by atoms with van der Waals surface area (Å²) in [5.41, 5.74) is 6.21. The van der Waals surface area contributed by atoms with E-state index in [1.807, 2.05) is 0 Å². The number of pyridine rings is 1. The molecule has 0 aliphatic rings. The van der Waals surface area contributed by atoms with E-state index >= 15 is 0 Å². The fourth-order valence-corrected chi connectivity index (χ4v) is 1.38. The molecule has 0 atom stereocenters. The van der Waals surface area contributed by atoms with Crippen molar-refractivity contribution in [1.29, 1.82) is 0 Å². The molecule has 1 amide bonds. The van der Waals surface area contributed by atoms with Crippen LogP contribution in [0.3, 0.4) is 0 Å². The highest BCUT2D eigenvalue weighted by Gasteiger charge is 2.11. The maximum atomic E-state index is 11.9. The lowest BCUT2D eigenvalue weighted by atomic mass is 10.2. The number of nitrogen functional groups attached to an aromatic ring is 1. The van der Waals surface area contributed by atoms with Gasteiger partial charge in [-0.25, -0.2) is 15.0 Å². The van der Waals surface area contributed by atoms with Gasteiger partial charge in [0, 0.05) is 6.20 Å². The molecular weight excluding hydrogens is 242 g/mol. The van der Waals surface area contributed by atoms with Crippen molar-refractivity contribution in [3.8, 4) is 0 Å². The summed E-state index contributed by atoms with van der Waals surface area (Å²) in [5.74, 6) is -0.164. The molecule has 2 aromatic rings. The molecule has 0 fully saturated rings. The molecule has 2 heterocycles. The molecule has 0 radical (unpaired) electrons. The second-order valence-electron chi connectivity index (χ2n) is 3.17. The van der Waals surface area contributed by atoms with Gasteiger partial charge in [0.05, 0.1) is 28.7 Å². The maximum Gasteiger partial charge on any atom is 0.257 e. The maximum absolute atomic E-state index is 11.9. The summed E-state index contributed by atoms with van der Waals surface area (Å²) in [4.78, 5) is 23.2. The molecular formula is C10H8ClN5O. The lowest BCUT2D eigenvalue weighted by Gasteiger charge is -2.06. The van der Waals surface area contributed by atoms with E-state index in [0.29, 0.717) is 5.69 Å². The Morgan fingerprint density at radius 2 is 2.00 bits per heavy atom. The van der Waals surface area contributed by atoms with Crippen LogP contribution in [0.5, 0.6) is 0 Å². The first-order valence-corrected chi connectivity index (χ1v) is 5.02. The van der Waals surface area contributed by atoms with Crippen LogP contribution in [-0.4, -0.2) is 20.9 Å². The summed E-state index contributed by atoms with van der Waals surface area (Å²) in [6, 6.07) is 1.40. The Hall–Kier alpha value is -2.21. The molecule has 0 saturated carbocycles. The average molecular weight is 250 g/mol. The number of anilines is 2. The summed E-state index contributed by atoms with van der Waals surface area (Å²) in [5, 5.41) is 2.82. The van der Waals surface area contributed by atoms with Gasteiger partial charge in [0.2, 0.25) is 0 Å². The number of nitrogens with zero attached hydrogens (tertiary/aromatic N) is 3. The normalized spacial score (nSPS) is 9.94. The van der Waals surface area contributed by atoms with E-state index in [1.54, 1.807) is 0 Å². The molecule has 2 aromatic heterocycles. The van der Waals surface area contributed by atoms with Crippen LogP contribution < -0.4 is 11.1 Å². The summed E-state index contributed by atoms with van der Waals surface area (Å²) in [7, 11) is 0. The highest BCUT2D eigenvalue weighted by atomic mass is 35.5. The molecule has 0 aliphatic carbocycles. The van der Waals surface area contributed by atoms with Crippen LogP contribution in [0.4, 0.5) is 11.5 Å². The SMILES string of the molecule is Nc1cc(C(=O)Nc2cncnc2)c(Cl)cn1. The van der Waals surface area contributed by atoms with E-state index in [2.05, 4.69) is 20.3 Å². The number of halogens is 1. The highest BCUT2D eigenvalue weighted by molar-refractivity contribution is 6.34. The quantitative estimate of drug-likeness (QED) is 0.838. The number of carbonyl (C=O) groups is 1. The average Bonchev–Trinajstić information content (AvgIpc) is 2.33. The van der Waals surface area contributed by atoms with Crippen molar-refractivity contribution in [3.63, 3.8) is 0 Å². The molecule has 0 saturated heterocycles. The molecule has 0 aromatic carbocycles. The van der Waals surface area contributed by atoms with Gasteiger partial charge in [-0.3, -0.25) is 4.79 Å². The zero-order chi connectivity index (χ0) is 12.3. The Balaban J connectivity index is 2.23. The van der Waals surface area contributed by atoms with Gasteiger partial charge >= 0.3 is 0 Å².